The number of rotatable bonds is 4. The van der Waals surface area contributed by atoms with E-state index in [0.717, 1.165) is 35.8 Å². The lowest BCUT2D eigenvalue weighted by atomic mass is 9.73. The zero-order valence-corrected chi connectivity index (χ0v) is 14.3. The molecule has 20 heavy (non-hydrogen) atoms. The van der Waals surface area contributed by atoms with E-state index in [-0.39, 0.29) is 0 Å². The first-order valence-electron chi connectivity index (χ1n) is 9.34. The van der Waals surface area contributed by atoms with Gasteiger partial charge in [0.25, 0.3) is 0 Å². The van der Waals surface area contributed by atoms with Crippen LogP contribution < -0.4 is 5.32 Å². The Hall–Kier alpha value is -0.0400. The molecule has 0 bridgehead atoms. The summed E-state index contributed by atoms with van der Waals surface area (Å²) in [6.07, 6.45) is 13.1. The highest BCUT2D eigenvalue weighted by atomic mass is 15.0. The quantitative estimate of drug-likeness (QED) is 0.680. The molecule has 1 nitrogen and oxygen atoms in total. The van der Waals surface area contributed by atoms with Crippen molar-refractivity contribution in [2.75, 3.05) is 0 Å². The predicted octanol–water partition coefficient (Wildman–Crippen LogP) is 5.40. The molecule has 1 heteroatoms. The summed E-state index contributed by atoms with van der Waals surface area (Å²) < 4.78 is 0. The SMILES string of the molecule is CC1CCC(C(C)C)C(N[C@@H](C)C2CCCCCC2)C1. The maximum absolute atomic E-state index is 4.08. The minimum absolute atomic E-state index is 0.727. The van der Waals surface area contributed by atoms with Crippen LogP contribution in [0.4, 0.5) is 0 Å². The van der Waals surface area contributed by atoms with Gasteiger partial charge in [-0.3, -0.25) is 0 Å². The lowest BCUT2D eigenvalue weighted by molar-refractivity contribution is 0.147. The summed E-state index contributed by atoms with van der Waals surface area (Å²) in [5.74, 6) is 3.59. The first-order chi connectivity index (χ1) is 9.58. The minimum atomic E-state index is 0.727. The van der Waals surface area contributed by atoms with Crippen molar-refractivity contribution in [2.24, 2.45) is 23.7 Å². The van der Waals surface area contributed by atoms with Gasteiger partial charge < -0.3 is 5.32 Å². The Labute approximate surface area is 127 Å². The molecule has 0 spiro atoms. The summed E-state index contributed by atoms with van der Waals surface area (Å²) in [4.78, 5) is 0. The molecule has 0 heterocycles. The average Bonchev–Trinajstić information content (AvgIpc) is 2.67. The van der Waals surface area contributed by atoms with Crippen molar-refractivity contribution in [3.63, 3.8) is 0 Å². The van der Waals surface area contributed by atoms with Gasteiger partial charge in [-0.05, 0) is 56.3 Å². The van der Waals surface area contributed by atoms with Gasteiger partial charge in [-0.1, -0.05) is 52.9 Å². The molecule has 2 fully saturated rings. The van der Waals surface area contributed by atoms with E-state index >= 15 is 0 Å². The van der Waals surface area contributed by atoms with Crippen LogP contribution in [0.25, 0.3) is 0 Å². The lowest BCUT2D eigenvalue weighted by Gasteiger charge is -2.40. The molecule has 3 unspecified atom stereocenters. The van der Waals surface area contributed by atoms with Gasteiger partial charge in [-0.15, -0.1) is 0 Å². The van der Waals surface area contributed by atoms with Crippen molar-refractivity contribution in [3.8, 4) is 0 Å². The van der Waals surface area contributed by atoms with Crippen LogP contribution in [0.5, 0.6) is 0 Å². The van der Waals surface area contributed by atoms with Crippen LogP contribution in [0.2, 0.25) is 0 Å². The Morgan fingerprint density at radius 3 is 2.10 bits per heavy atom. The second kappa shape index (κ2) is 7.82. The predicted molar refractivity (Wildman–Crippen MR) is 88.9 cm³/mol. The van der Waals surface area contributed by atoms with Crippen LogP contribution in [-0.4, -0.2) is 12.1 Å². The fourth-order valence-corrected chi connectivity index (χ4v) is 4.68. The summed E-state index contributed by atoms with van der Waals surface area (Å²) in [7, 11) is 0. The van der Waals surface area contributed by atoms with Gasteiger partial charge in [0.1, 0.15) is 0 Å². The maximum Gasteiger partial charge on any atom is 0.0103 e. The Morgan fingerprint density at radius 2 is 1.50 bits per heavy atom. The van der Waals surface area contributed by atoms with Gasteiger partial charge in [0, 0.05) is 12.1 Å². The molecule has 0 aromatic rings. The Morgan fingerprint density at radius 1 is 0.850 bits per heavy atom. The molecule has 0 aromatic heterocycles. The van der Waals surface area contributed by atoms with E-state index in [9.17, 15) is 0 Å². The molecule has 0 aromatic carbocycles. The first kappa shape index (κ1) is 16.3. The molecule has 4 atom stereocenters. The fourth-order valence-electron chi connectivity index (χ4n) is 4.68. The lowest BCUT2D eigenvalue weighted by Crippen LogP contribution is -2.48. The monoisotopic (exact) mass is 279 g/mol. The zero-order valence-electron chi connectivity index (χ0n) is 14.3. The topological polar surface area (TPSA) is 12.0 Å². The van der Waals surface area contributed by atoms with Gasteiger partial charge in [0.15, 0.2) is 0 Å². The molecular weight excluding hydrogens is 242 g/mol. The normalized spacial score (nSPS) is 35.0. The standard InChI is InChI=1S/C19H37N/c1-14(2)18-12-11-15(3)13-19(18)20-16(4)17-9-7-5-6-8-10-17/h14-20H,5-13H2,1-4H3/t15?,16-,18?,19?/m0/s1. The van der Waals surface area contributed by atoms with Crippen molar-refractivity contribution in [3.05, 3.63) is 0 Å². The second-order valence-corrected chi connectivity index (χ2v) is 8.14. The van der Waals surface area contributed by atoms with Crippen molar-refractivity contribution >= 4 is 0 Å². The van der Waals surface area contributed by atoms with Crippen LogP contribution in [0, 0.1) is 23.7 Å². The third kappa shape index (κ3) is 4.48. The van der Waals surface area contributed by atoms with Crippen LogP contribution in [-0.2, 0) is 0 Å². The molecule has 0 amide bonds. The van der Waals surface area contributed by atoms with E-state index in [1.165, 1.54) is 57.8 Å². The summed E-state index contributed by atoms with van der Waals surface area (Å²) in [6.45, 7) is 9.76. The van der Waals surface area contributed by atoms with Crippen LogP contribution >= 0.6 is 0 Å². The summed E-state index contributed by atoms with van der Waals surface area (Å²) >= 11 is 0. The Balaban J connectivity index is 1.90. The minimum Gasteiger partial charge on any atom is -0.311 e. The van der Waals surface area contributed by atoms with Crippen molar-refractivity contribution in [2.45, 2.75) is 97.6 Å². The van der Waals surface area contributed by atoms with E-state index in [2.05, 4.69) is 33.0 Å². The molecule has 0 saturated heterocycles. The van der Waals surface area contributed by atoms with Crippen LogP contribution in [0.1, 0.15) is 85.5 Å². The Bertz CT molecular complexity index is 265. The Kier molecular flexibility index (Phi) is 6.39. The van der Waals surface area contributed by atoms with E-state index < -0.39 is 0 Å². The van der Waals surface area contributed by atoms with Gasteiger partial charge in [0.2, 0.25) is 0 Å². The third-order valence-corrected chi connectivity index (χ3v) is 6.11. The number of hydrogen-bond donors (Lipinski definition) is 1. The highest BCUT2D eigenvalue weighted by Gasteiger charge is 2.32. The van der Waals surface area contributed by atoms with Gasteiger partial charge >= 0.3 is 0 Å². The largest absolute Gasteiger partial charge is 0.311 e. The summed E-state index contributed by atoms with van der Waals surface area (Å²) in [5.41, 5.74) is 0. The molecule has 0 aliphatic heterocycles. The maximum atomic E-state index is 4.08. The average molecular weight is 280 g/mol. The smallest absolute Gasteiger partial charge is 0.0103 e. The van der Waals surface area contributed by atoms with Crippen LogP contribution in [0.15, 0.2) is 0 Å². The number of nitrogens with one attached hydrogen (secondary N) is 1. The molecule has 1 N–H and O–H groups in total. The molecule has 2 saturated carbocycles. The molecular formula is C19H37N. The molecule has 0 radical (unpaired) electrons. The number of hydrogen-bond acceptors (Lipinski definition) is 1. The highest BCUT2D eigenvalue weighted by Crippen LogP contribution is 2.35. The summed E-state index contributed by atoms with van der Waals surface area (Å²) in [6, 6.07) is 1.50. The fraction of sp³-hybridized carbons (Fsp3) is 1.00. The molecule has 2 aliphatic carbocycles. The molecule has 118 valence electrons. The van der Waals surface area contributed by atoms with Gasteiger partial charge in [0.05, 0.1) is 0 Å². The highest BCUT2D eigenvalue weighted by molar-refractivity contribution is 4.88. The first-order valence-corrected chi connectivity index (χ1v) is 9.34. The van der Waals surface area contributed by atoms with E-state index in [1.807, 2.05) is 0 Å². The van der Waals surface area contributed by atoms with Gasteiger partial charge in [-0.2, -0.15) is 0 Å². The van der Waals surface area contributed by atoms with Crippen molar-refractivity contribution < 1.29 is 0 Å². The van der Waals surface area contributed by atoms with E-state index in [4.69, 9.17) is 0 Å². The van der Waals surface area contributed by atoms with Crippen molar-refractivity contribution in [1.29, 1.82) is 0 Å². The second-order valence-electron chi connectivity index (χ2n) is 8.14. The summed E-state index contributed by atoms with van der Waals surface area (Å²) in [5, 5.41) is 4.08. The van der Waals surface area contributed by atoms with Crippen molar-refractivity contribution in [1.82, 2.24) is 5.32 Å². The van der Waals surface area contributed by atoms with Gasteiger partial charge in [-0.25, -0.2) is 0 Å². The van der Waals surface area contributed by atoms with E-state index in [1.54, 1.807) is 0 Å². The molecule has 2 aliphatic rings. The zero-order chi connectivity index (χ0) is 14.5. The van der Waals surface area contributed by atoms with E-state index in [0.29, 0.717) is 0 Å². The van der Waals surface area contributed by atoms with Crippen LogP contribution in [0.3, 0.4) is 0 Å². The third-order valence-electron chi connectivity index (χ3n) is 6.11. The molecule has 2 rings (SSSR count).